The summed E-state index contributed by atoms with van der Waals surface area (Å²) in [7, 11) is 0. The first-order valence-corrected chi connectivity index (χ1v) is 11.3. The molecule has 2 aliphatic carbocycles. The van der Waals surface area contributed by atoms with Gasteiger partial charge in [-0.2, -0.15) is 0 Å². The van der Waals surface area contributed by atoms with Crippen LogP contribution in [0.15, 0.2) is 48.7 Å². The number of aromatic nitrogens is 1. The third-order valence-corrected chi connectivity index (χ3v) is 6.54. The largest absolute Gasteiger partial charge is 0.480 e. The molecular formula is C25H29N3O4. The molecule has 168 valence electrons. The summed E-state index contributed by atoms with van der Waals surface area (Å²) in [6.45, 7) is 0.442. The van der Waals surface area contributed by atoms with Crippen molar-refractivity contribution in [3.8, 4) is 0 Å². The van der Waals surface area contributed by atoms with Crippen LogP contribution in [0, 0.1) is 11.8 Å². The first-order valence-electron chi connectivity index (χ1n) is 11.3. The van der Waals surface area contributed by atoms with Gasteiger partial charge >= 0.3 is 5.97 Å². The number of aliphatic carboxylic acids is 1. The van der Waals surface area contributed by atoms with E-state index in [0.717, 1.165) is 43.4 Å². The maximum Gasteiger partial charge on any atom is 0.326 e. The van der Waals surface area contributed by atoms with Crippen molar-refractivity contribution in [3.05, 3.63) is 65.5 Å². The minimum Gasteiger partial charge on any atom is -0.480 e. The highest BCUT2D eigenvalue weighted by atomic mass is 16.4. The summed E-state index contributed by atoms with van der Waals surface area (Å²) >= 11 is 0. The van der Waals surface area contributed by atoms with Crippen LogP contribution in [0.3, 0.4) is 0 Å². The van der Waals surface area contributed by atoms with Crippen molar-refractivity contribution in [1.29, 1.82) is 0 Å². The summed E-state index contributed by atoms with van der Waals surface area (Å²) in [5.41, 5.74) is 2.24. The predicted molar refractivity (Wildman–Crippen MR) is 119 cm³/mol. The van der Waals surface area contributed by atoms with Gasteiger partial charge in [0.25, 0.3) is 5.91 Å². The SMILES string of the molecule is O=C(NCc1ccccc1)c1ccc([C@@H]2CC2C(=O)N[C@H](C(=O)O)C2CCCCC2)nc1. The summed E-state index contributed by atoms with van der Waals surface area (Å²) in [5.74, 6) is -1.64. The lowest BCUT2D eigenvalue weighted by atomic mass is 9.84. The number of rotatable bonds is 8. The van der Waals surface area contributed by atoms with Crippen LogP contribution >= 0.6 is 0 Å². The minimum atomic E-state index is -0.952. The van der Waals surface area contributed by atoms with Crippen LogP contribution in [0.4, 0.5) is 0 Å². The van der Waals surface area contributed by atoms with Crippen LogP contribution in [0.1, 0.15) is 66.1 Å². The van der Waals surface area contributed by atoms with Gasteiger partial charge in [0.15, 0.2) is 0 Å². The van der Waals surface area contributed by atoms with E-state index >= 15 is 0 Å². The van der Waals surface area contributed by atoms with E-state index in [2.05, 4.69) is 15.6 Å². The van der Waals surface area contributed by atoms with Crippen LogP contribution in [-0.4, -0.2) is 33.9 Å². The van der Waals surface area contributed by atoms with Crippen molar-refractivity contribution in [3.63, 3.8) is 0 Å². The number of carbonyl (C=O) groups excluding carboxylic acids is 2. The number of hydrogen-bond donors (Lipinski definition) is 3. The first kappa shape index (κ1) is 22.0. The third-order valence-electron chi connectivity index (χ3n) is 6.54. The van der Waals surface area contributed by atoms with Crippen LogP contribution in [-0.2, 0) is 16.1 Å². The molecule has 0 bridgehead atoms. The molecule has 0 saturated heterocycles. The zero-order valence-electron chi connectivity index (χ0n) is 18.0. The van der Waals surface area contributed by atoms with Crippen molar-refractivity contribution in [1.82, 2.24) is 15.6 Å². The number of benzene rings is 1. The fraction of sp³-hybridized carbons (Fsp3) is 0.440. The zero-order chi connectivity index (χ0) is 22.5. The lowest BCUT2D eigenvalue weighted by Crippen LogP contribution is -2.47. The number of nitrogens with one attached hydrogen (secondary N) is 2. The Morgan fingerprint density at radius 1 is 1.03 bits per heavy atom. The van der Waals surface area contributed by atoms with Gasteiger partial charge in [0.2, 0.25) is 5.91 Å². The van der Waals surface area contributed by atoms with E-state index in [4.69, 9.17) is 0 Å². The Morgan fingerprint density at radius 2 is 1.78 bits per heavy atom. The second-order valence-electron chi connectivity index (χ2n) is 8.81. The molecule has 7 nitrogen and oxygen atoms in total. The second-order valence-corrected chi connectivity index (χ2v) is 8.81. The number of carboxylic acid groups (broad SMARTS) is 1. The fourth-order valence-electron chi connectivity index (χ4n) is 4.56. The van der Waals surface area contributed by atoms with E-state index in [-0.39, 0.29) is 29.6 Å². The van der Waals surface area contributed by atoms with Crippen LogP contribution in [0.25, 0.3) is 0 Å². The number of carboxylic acids is 1. The molecule has 1 aromatic carbocycles. The van der Waals surface area contributed by atoms with Crippen LogP contribution in [0.2, 0.25) is 0 Å². The maximum absolute atomic E-state index is 12.7. The van der Waals surface area contributed by atoms with E-state index in [1.54, 1.807) is 12.1 Å². The standard InChI is InChI=1S/C25H29N3O4/c29-23(27-14-16-7-3-1-4-8-16)18-11-12-21(26-15-18)19-13-20(19)24(30)28-22(25(31)32)17-9-5-2-6-10-17/h1,3-4,7-8,11-12,15,17,19-20,22H,2,5-6,9-10,13-14H2,(H,27,29)(H,28,30)(H,31,32)/t19-,20?,22+/m1/s1. The van der Waals surface area contributed by atoms with Gasteiger partial charge in [-0.3, -0.25) is 14.6 Å². The summed E-state index contributed by atoms with van der Waals surface area (Å²) in [4.78, 5) is 41.1. The lowest BCUT2D eigenvalue weighted by Gasteiger charge is -2.28. The molecule has 1 heterocycles. The Bertz CT molecular complexity index is 955. The van der Waals surface area contributed by atoms with E-state index in [1.165, 1.54) is 6.20 Å². The van der Waals surface area contributed by atoms with Crippen molar-refractivity contribution >= 4 is 17.8 Å². The van der Waals surface area contributed by atoms with Crippen molar-refractivity contribution in [2.24, 2.45) is 11.8 Å². The quantitative estimate of drug-likeness (QED) is 0.590. The molecule has 2 saturated carbocycles. The molecule has 1 aromatic heterocycles. The van der Waals surface area contributed by atoms with E-state index in [1.807, 2.05) is 30.3 Å². The molecule has 1 unspecified atom stereocenters. The first-order chi connectivity index (χ1) is 15.5. The van der Waals surface area contributed by atoms with Crippen LogP contribution < -0.4 is 10.6 Å². The summed E-state index contributed by atoms with van der Waals surface area (Å²) in [6.07, 6.45) is 7.05. The summed E-state index contributed by atoms with van der Waals surface area (Å²) in [6, 6.07) is 12.4. The zero-order valence-corrected chi connectivity index (χ0v) is 18.0. The summed E-state index contributed by atoms with van der Waals surface area (Å²) < 4.78 is 0. The molecule has 0 radical (unpaired) electrons. The molecule has 0 spiro atoms. The minimum absolute atomic E-state index is 0.00852. The Morgan fingerprint density at radius 3 is 2.44 bits per heavy atom. The molecule has 3 atom stereocenters. The highest BCUT2D eigenvalue weighted by Gasteiger charge is 2.46. The monoisotopic (exact) mass is 435 g/mol. The van der Waals surface area contributed by atoms with Gasteiger partial charge in [-0.1, -0.05) is 49.6 Å². The molecule has 2 amide bonds. The number of nitrogens with zero attached hydrogens (tertiary/aromatic N) is 1. The topological polar surface area (TPSA) is 108 Å². The number of hydrogen-bond acceptors (Lipinski definition) is 4. The second kappa shape index (κ2) is 9.94. The third kappa shape index (κ3) is 5.33. The van der Waals surface area contributed by atoms with Gasteiger partial charge in [-0.25, -0.2) is 4.79 Å². The molecule has 2 aliphatic rings. The van der Waals surface area contributed by atoms with Gasteiger partial charge in [0.1, 0.15) is 6.04 Å². The molecule has 7 heteroatoms. The average molecular weight is 436 g/mol. The molecular weight excluding hydrogens is 406 g/mol. The number of carbonyl (C=O) groups is 3. The smallest absolute Gasteiger partial charge is 0.326 e. The molecule has 2 aromatic rings. The van der Waals surface area contributed by atoms with E-state index in [0.29, 0.717) is 18.5 Å². The van der Waals surface area contributed by atoms with Crippen molar-refractivity contribution in [2.75, 3.05) is 0 Å². The maximum atomic E-state index is 12.7. The van der Waals surface area contributed by atoms with Gasteiger partial charge in [0.05, 0.1) is 5.56 Å². The molecule has 32 heavy (non-hydrogen) atoms. The fourth-order valence-corrected chi connectivity index (χ4v) is 4.56. The highest BCUT2D eigenvalue weighted by Crippen LogP contribution is 2.47. The number of amides is 2. The predicted octanol–water partition coefficient (Wildman–Crippen LogP) is 3.26. The van der Waals surface area contributed by atoms with E-state index in [9.17, 15) is 19.5 Å². The van der Waals surface area contributed by atoms with Crippen molar-refractivity contribution < 1.29 is 19.5 Å². The van der Waals surface area contributed by atoms with Gasteiger partial charge in [0, 0.05) is 30.3 Å². The molecule has 0 aliphatic heterocycles. The normalized spacial score (nSPS) is 21.4. The Hall–Kier alpha value is -3.22. The van der Waals surface area contributed by atoms with E-state index < -0.39 is 12.0 Å². The van der Waals surface area contributed by atoms with Gasteiger partial charge in [-0.15, -0.1) is 0 Å². The van der Waals surface area contributed by atoms with Gasteiger partial charge < -0.3 is 15.7 Å². The Kier molecular flexibility index (Phi) is 6.83. The van der Waals surface area contributed by atoms with Crippen molar-refractivity contribution in [2.45, 2.75) is 57.0 Å². The highest BCUT2D eigenvalue weighted by molar-refractivity contribution is 5.94. The van der Waals surface area contributed by atoms with Gasteiger partial charge in [-0.05, 0) is 42.9 Å². The number of pyridine rings is 1. The molecule has 2 fully saturated rings. The molecule has 4 rings (SSSR count). The Balaban J connectivity index is 1.30. The Labute approximate surface area is 187 Å². The van der Waals surface area contributed by atoms with Crippen LogP contribution in [0.5, 0.6) is 0 Å². The molecule has 3 N–H and O–H groups in total. The average Bonchev–Trinajstić information content (AvgIpc) is 3.63. The summed E-state index contributed by atoms with van der Waals surface area (Å²) in [5, 5.41) is 15.2. The lowest BCUT2D eigenvalue weighted by molar-refractivity contribution is -0.144.